The van der Waals surface area contributed by atoms with Crippen molar-refractivity contribution >= 4 is 17.2 Å². The maximum absolute atomic E-state index is 11.5. The highest BCUT2D eigenvalue weighted by molar-refractivity contribution is 6.00. The van der Waals surface area contributed by atoms with Crippen LogP contribution in [0, 0.1) is 5.92 Å². The Morgan fingerprint density at radius 1 is 1.19 bits per heavy atom. The molecule has 0 heterocycles. The maximum Gasteiger partial charge on any atom is 0.158 e. The topological polar surface area (TPSA) is 69.1 Å². The zero-order valence-electron chi connectivity index (χ0n) is 9.95. The van der Waals surface area contributed by atoms with E-state index in [1.807, 2.05) is 26.0 Å². The van der Waals surface area contributed by atoms with E-state index >= 15 is 0 Å². The first-order valence-corrected chi connectivity index (χ1v) is 5.30. The molecule has 1 aromatic rings. The molecule has 0 saturated heterocycles. The number of hydrogen-bond donors (Lipinski definition) is 2. The predicted molar refractivity (Wildman–Crippen MR) is 67.5 cm³/mol. The zero-order chi connectivity index (χ0) is 12.3. The summed E-state index contributed by atoms with van der Waals surface area (Å²) in [5, 5.41) is 0. The molecule has 86 valence electrons. The molecule has 1 rings (SSSR count). The number of carbonyl (C=O) groups excluding carboxylic acids is 1. The molecule has 0 bridgehead atoms. The number of anilines is 1. The molecule has 0 unspecified atom stereocenters. The van der Waals surface area contributed by atoms with Crippen molar-refractivity contribution in [1.29, 1.82) is 0 Å². The largest absolute Gasteiger partial charge is 0.399 e. The van der Waals surface area contributed by atoms with Crippen molar-refractivity contribution in [2.45, 2.75) is 20.8 Å². The number of allylic oxidation sites excluding steroid dienone is 1. The van der Waals surface area contributed by atoms with Gasteiger partial charge in [-0.15, -0.1) is 0 Å². The standard InChI is InChI=1S/C13H18N2O/c1-8(2)12(9(3)16)13(15)10-4-6-11(14)7-5-10/h4-8H,14-15H2,1-3H3/b13-12-. The van der Waals surface area contributed by atoms with E-state index < -0.39 is 0 Å². The Bertz CT molecular complexity index is 416. The fraction of sp³-hybridized carbons (Fsp3) is 0.308. The van der Waals surface area contributed by atoms with Crippen molar-refractivity contribution in [3.63, 3.8) is 0 Å². The van der Waals surface area contributed by atoms with Crippen molar-refractivity contribution in [2.24, 2.45) is 11.7 Å². The number of nitrogen functional groups attached to an aromatic ring is 1. The lowest BCUT2D eigenvalue weighted by atomic mass is 9.94. The van der Waals surface area contributed by atoms with Crippen molar-refractivity contribution in [2.75, 3.05) is 5.73 Å². The number of carbonyl (C=O) groups is 1. The molecule has 0 aliphatic heterocycles. The Balaban J connectivity index is 3.24. The third-order valence-electron chi connectivity index (χ3n) is 2.47. The summed E-state index contributed by atoms with van der Waals surface area (Å²) >= 11 is 0. The Kier molecular flexibility index (Phi) is 3.72. The van der Waals surface area contributed by atoms with Crippen LogP contribution in [0.15, 0.2) is 29.8 Å². The first-order valence-electron chi connectivity index (χ1n) is 5.30. The lowest BCUT2D eigenvalue weighted by Gasteiger charge is -2.13. The molecule has 0 amide bonds. The van der Waals surface area contributed by atoms with E-state index in [4.69, 9.17) is 11.5 Å². The van der Waals surface area contributed by atoms with Crippen LogP contribution in [0.25, 0.3) is 5.70 Å². The highest BCUT2D eigenvalue weighted by Gasteiger charge is 2.14. The Hall–Kier alpha value is -1.77. The van der Waals surface area contributed by atoms with E-state index in [0.717, 1.165) is 5.56 Å². The first-order chi connectivity index (χ1) is 7.43. The second-order valence-corrected chi connectivity index (χ2v) is 4.16. The summed E-state index contributed by atoms with van der Waals surface area (Å²) in [6, 6.07) is 7.21. The first kappa shape index (κ1) is 12.3. The number of nitrogens with two attached hydrogens (primary N) is 2. The van der Waals surface area contributed by atoms with Gasteiger partial charge in [-0.2, -0.15) is 0 Å². The van der Waals surface area contributed by atoms with Crippen molar-refractivity contribution in [3.8, 4) is 0 Å². The van der Waals surface area contributed by atoms with Gasteiger partial charge in [0.2, 0.25) is 0 Å². The highest BCUT2D eigenvalue weighted by atomic mass is 16.1. The molecule has 0 aliphatic rings. The van der Waals surface area contributed by atoms with Gasteiger partial charge in [0, 0.05) is 17.0 Å². The van der Waals surface area contributed by atoms with Gasteiger partial charge in [0.15, 0.2) is 5.78 Å². The van der Waals surface area contributed by atoms with Gasteiger partial charge in [-0.1, -0.05) is 26.0 Å². The van der Waals surface area contributed by atoms with E-state index in [-0.39, 0.29) is 11.7 Å². The van der Waals surface area contributed by atoms with E-state index in [2.05, 4.69) is 0 Å². The number of benzene rings is 1. The van der Waals surface area contributed by atoms with Crippen LogP contribution in [0.5, 0.6) is 0 Å². The number of ketones is 1. The smallest absolute Gasteiger partial charge is 0.158 e. The number of hydrogen-bond acceptors (Lipinski definition) is 3. The molecule has 0 aliphatic carbocycles. The average Bonchev–Trinajstić information content (AvgIpc) is 2.17. The summed E-state index contributed by atoms with van der Waals surface area (Å²) < 4.78 is 0. The minimum absolute atomic E-state index is 0.0179. The molecule has 0 aromatic heterocycles. The third-order valence-corrected chi connectivity index (χ3v) is 2.47. The molecular formula is C13H18N2O. The monoisotopic (exact) mass is 218 g/mol. The highest BCUT2D eigenvalue weighted by Crippen LogP contribution is 2.21. The van der Waals surface area contributed by atoms with Crippen molar-refractivity contribution < 1.29 is 4.79 Å². The normalized spacial score (nSPS) is 12.5. The molecule has 3 nitrogen and oxygen atoms in total. The lowest BCUT2D eigenvalue weighted by Crippen LogP contribution is -2.12. The summed E-state index contributed by atoms with van der Waals surface area (Å²) in [6.07, 6.45) is 0. The van der Waals surface area contributed by atoms with Crippen LogP contribution in [0.3, 0.4) is 0 Å². The third kappa shape index (κ3) is 2.63. The predicted octanol–water partition coefficient (Wildman–Crippen LogP) is 2.18. The summed E-state index contributed by atoms with van der Waals surface area (Å²) in [4.78, 5) is 11.5. The number of rotatable bonds is 3. The zero-order valence-corrected chi connectivity index (χ0v) is 9.95. The quantitative estimate of drug-likeness (QED) is 0.603. The fourth-order valence-corrected chi connectivity index (χ4v) is 1.73. The SMILES string of the molecule is CC(=O)/C(=C(\N)c1ccc(N)cc1)C(C)C. The summed E-state index contributed by atoms with van der Waals surface area (Å²) in [6.45, 7) is 5.46. The van der Waals surface area contributed by atoms with Gasteiger partial charge in [-0.3, -0.25) is 4.79 Å². The average molecular weight is 218 g/mol. The minimum Gasteiger partial charge on any atom is -0.399 e. The fourth-order valence-electron chi connectivity index (χ4n) is 1.73. The Morgan fingerprint density at radius 3 is 2.06 bits per heavy atom. The molecule has 16 heavy (non-hydrogen) atoms. The van der Waals surface area contributed by atoms with E-state index in [1.165, 1.54) is 0 Å². The van der Waals surface area contributed by atoms with E-state index in [9.17, 15) is 4.79 Å². The molecule has 4 N–H and O–H groups in total. The van der Waals surface area contributed by atoms with Gasteiger partial charge < -0.3 is 11.5 Å². The second kappa shape index (κ2) is 4.84. The van der Waals surface area contributed by atoms with Gasteiger partial charge in [0.1, 0.15) is 0 Å². The van der Waals surface area contributed by atoms with Crippen LogP contribution >= 0.6 is 0 Å². The molecule has 0 fully saturated rings. The van der Waals surface area contributed by atoms with Crippen LogP contribution in [0.4, 0.5) is 5.69 Å². The summed E-state index contributed by atoms with van der Waals surface area (Å²) in [7, 11) is 0. The molecule has 0 spiro atoms. The van der Waals surface area contributed by atoms with E-state index in [0.29, 0.717) is 17.0 Å². The van der Waals surface area contributed by atoms with Gasteiger partial charge in [0.05, 0.1) is 0 Å². The Morgan fingerprint density at radius 2 is 1.69 bits per heavy atom. The van der Waals surface area contributed by atoms with Crippen molar-refractivity contribution in [1.82, 2.24) is 0 Å². The molecule has 0 atom stereocenters. The van der Waals surface area contributed by atoms with Gasteiger partial charge in [0.25, 0.3) is 0 Å². The van der Waals surface area contributed by atoms with Crippen LogP contribution in [0.1, 0.15) is 26.3 Å². The molecular weight excluding hydrogens is 200 g/mol. The van der Waals surface area contributed by atoms with Crippen LogP contribution < -0.4 is 11.5 Å². The molecule has 0 radical (unpaired) electrons. The molecule has 3 heteroatoms. The Labute approximate surface area is 96.1 Å². The van der Waals surface area contributed by atoms with Crippen LogP contribution in [0.2, 0.25) is 0 Å². The summed E-state index contributed by atoms with van der Waals surface area (Å²) in [5.41, 5.74) is 14.3. The molecule has 0 saturated carbocycles. The van der Waals surface area contributed by atoms with Crippen LogP contribution in [-0.4, -0.2) is 5.78 Å². The van der Waals surface area contributed by atoms with Gasteiger partial charge in [-0.25, -0.2) is 0 Å². The lowest BCUT2D eigenvalue weighted by molar-refractivity contribution is -0.113. The number of Topliss-reactive ketones (excluding diaryl/α,β-unsaturated/α-hetero) is 1. The summed E-state index contributed by atoms with van der Waals surface area (Å²) in [5.74, 6) is 0.138. The van der Waals surface area contributed by atoms with Gasteiger partial charge in [-0.05, 0) is 30.5 Å². The second-order valence-electron chi connectivity index (χ2n) is 4.16. The van der Waals surface area contributed by atoms with Gasteiger partial charge >= 0.3 is 0 Å². The van der Waals surface area contributed by atoms with Crippen molar-refractivity contribution in [3.05, 3.63) is 35.4 Å². The van der Waals surface area contributed by atoms with Crippen LogP contribution in [-0.2, 0) is 4.79 Å². The van der Waals surface area contributed by atoms with E-state index in [1.54, 1.807) is 19.1 Å². The molecule has 1 aromatic carbocycles. The maximum atomic E-state index is 11.5. The minimum atomic E-state index is 0.0179.